The molecule has 0 aliphatic rings. The maximum atomic E-state index is 12.6. The molecule has 0 amide bonds. The first kappa shape index (κ1) is 20.9. The number of allylic oxidation sites excluding steroid dienone is 1. The van der Waals surface area contributed by atoms with Gasteiger partial charge in [0.05, 0.1) is 11.8 Å². The van der Waals surface area contributed by atoms with Crippen molar-refractivity contribution in [2.24, 2.45) is 17.8 Å². The first-order chi connectivity index (χ1) is 11.6. The maximum absolute atomic E-state index is 12.6. The molecule has 1 N–H and O–H groups in total. The van der Waals surface area contributed by atoms with Crippen molar-refractivity contribution < 1.29 is 19.4 Å². The quantitative estimate of drug-likeness (QED) is 0.687. The van der Waals surface area contributed by atoms with Crippen molar-refractivity contribution in [2.45, 2.75) is 53.1 Å². The lowest BCUT2D eigenvalue weighted by Crippen LogP contribution is -2.36. The zero-order valence-electron chi connectivity index (χ0n) is 15.9. The number of hydrogen-bond acceptors (Lipinski definition) is 3. The summed E-state index contributed by atoms with van der Waals surface area (Å²) in [5.41, 5.74) is 0.375. The van der Waals surface area contributed by atoms with Gasteiger partial charge in [-0.3, -0.25) is 9.59 Å². The molecule has 0 aliphatic carbocycles. The summed E-state index contributed by atoms with van der Waals surface area (Å²) in [4.78, 5) is 24.4. The summed E-state index contributed by atoms with van der Waals surface area (Å²) in [6, 6.07) is 9.72. The normalized spacial score (nSPS) is 14.5. The summed E-state index contributed by atoms with van der Waals surface area (Å²) in [7, 11) is 0. The van der Waals surface area contributed by atoms with Crippen LogP contribution in [-0.4, -0.2) is 22.6 Å². The van der Waals surface area contributed by atoms with Gasteiger partial charge in [-0.15, -0.1) is 0 Å². The van der Waals surface area contributed by atoms with Crippen molar-refractivity contribution >= 4 is 18.0 Å². The fraction of sp³-hybridized carbons (Fsp3) is 0.524. The molecule has 1 aromatic carbocycles. The molecule has 0 saturated carbocycles. The van der Waals surface area contributed by atoms with Gasteiger partial charge in [-0.05, 0) is 45.1 Å². The standard InChI is InChI=1S/C21H30O4/c1-15(2)14-18(19(22)23)17(20(24)25-21(3,4)5)13-9-12-16-10-7-6-8-11-16/h6-12,15,17-18H,13-14H2,1-5H3,(H,22,23)/b12-9+/t17-,18-/m0/s1. The highest BCUT2D eigenvalue weighted by Gasteiger charge is 2.36. The number of carbonyl (C=O) groups excluding carboxylic acids is 1. The summed E-state index contributed by atoms with van der Waals surface area (Å²) in [5, 5.41) is 9.62. The largest absolute Gasteiger partial charge is 0.481 e. The molecular formula is C21H30O4. The highest BCUT2D eigenvalue weighted by atomic mass is 16.6. The molecule has 0 aliphatic heterocycles. The van der Waals surface area contributed by atoms with E-state index in [9.17, 15) is 14.7 Å². The first-order valence-electron chi connectivity index (χ1n) is 8.77. The van der Waals surface area contributed by atoms with E-state index in [-0.39, 0.29) is 5.92 Å². The molecule has 1 aromatic rings. The smallest absolute Gasteiger partial charge is 0.310 e. The average molecular weight is 346 g/mol. The Morgan fingerprint density at radius 3 is 2.20 bits per heavy atom. The summed E-state index contributed by atoms with van der Waals surface area (Å²) >= 11 is 0. The molecule has 0 radical (unpaired) electrons. The second kappa shape index (κ2) is 9.40. The van der Waals surface area contributed by atoms with Crippen LogP contribution in [0, 0.1) is 17.8 Å². The third-order valence-corrected chi connectivity index (χ3v) is 3.74. The van der Waals surface area contributed by atoms with Crippen molar-refractivity contribution in [3.63, 3.8) is 0 Å². The van der Waals surface area contributed by atoms with Crippen molar-refractivity contribution in [1.82, 2.24) is 0 Å². The molecule has 2 atom stereocenters. The van der Waals surface area contributed by atoms with Gasteiger partial charge in [0.2, 0.25) is 0 Å². The van der Waals surface area contributed by atoms with Gasteiger partial charge in [0.25, 0.3) is 0 Å². The Labute approximate surface area is 150 Å². The molecule has 0 unspecified atom stereocenters. The van der Waals surface area contributed by atoms with Crippen LogP contribution in [0.15, 0.2) is 36.4 Å². The maximum Gasteiger partial charge on any atom is 0.310 e. The molecule has 0 aromatic heterocycles. The Hall–Kier alpha value is -2.10. The van der Waals surface area contributed by atoms with Crippen LogP contribution in [0.3, 0.4) is 0 Å². The van der Waals surface area contributed by atoms with Gasteiger partial charge in [-0.1, -0.05) is 56.3 Å². The van der Waals surface area contributed by atoms with E-state index in [2.05, 4.69) is 0 Å². The number of carbonyl (C=O) groups is 2. The van der Waals surface area contributed by atoms with Crippen LogP contribution in [-0.2, 0) is 14.3 Å². The molecule has 1 rings (SSSR count). The van der Waals surface area contributed by atoms with E-state index in [1.807, 2.05) is 56.3 Å². The lowest BCUT2D eigenvalue weighted by atomic mass is 9.83. The van der Waals surface area contributed by atoms with Crippen LogP contribution in [0.1, 0.15) is 53.0 Å². The third-order valence-electron chi connectivity index (χ3n) is 3.74. The molecule has 138 valence electrons. The number of carboxylic acids is 1. The second-order valence-corrected chi connectivity index (χ2v) is 7.76. The molecular weight excluding hydrogens is 316 g/mol. The second-order valence-electron chi connectivity index (χ2n) is 7.76. The Morgan fingerprint density at radius 1 is 1.12 bits per heavy atom. The van der Waals surface area contributed by atoms with E-state index in [0.29, 0.717) is 12.8 Å². The highest BCUT2D eigenvalue weighted by molar-refractivity contribution is 5.81. The third kappa shape index (κ3) is 8.01. The minimum atomic E-state index is -0.947. The summed E-state index contributed by atoms with van der Waals surface area (Å²) in [6.45, 7) is 9.30. The van der Waals surface area contributed by atoms with E-state index >= 15 is 0 Å². The lowest BCUT2D eigenvalue weighted by Gasteiger charge is -2.27. The first-order valence-corrected chi connectivity index (χ1v) is 8.77. The number of carboxylic acid groups (broad SMARTS) is 1. The van der Waals surface area contributed by atoms with Gasteiger partial charge >= 0.3 is 11.9 Å². The fourth-order valence-corrected chi connectivity index (χ4v) is 2.66. The van der Waals surface area contributed by atoms with Crippen LogP contribution in [0.25, 0.3) is 6.08 Å². The highest BCUT2D eigenvalue weighted by Crippen LogP contribution is 2.27. The predicted octanol–water partition coefficient (Wildman–Crippen LogP) is 4.79. The molecule has 25 heavy (non-hydrogen) atoms. The molecule has 0 bridgehead atoms. The van der Waals surface area contributed by atoms with Gasteiger partial charge in [0.15, 0.2) is 0 Å². The number of benzene rings is 1. The van der Waals surface area contributed by atoms with Crippen LogP contribution >= 0.6 is 0 Å². The number of rotatable bonds is 8. The predicted molar refractivity (Wildman–Crippen MR) is 100 cm³/mol. The molecule has 0 fully saturated rings. The molecule has 0 heterocycles. The van der Waals surface area contributed by atoms with Gasteiger partial charge in [-0.25, -0.2) is 0 Å². The van der Waals surface area contributed by atoms with Crippen LogP contribution < -0.4 is 0 Å². The van der Waals surface area contributed by atoms with Crippen molar-refractivity contribution in [3.8, 4) is 0 Å². The Bertz CT molecular complexity index is 582. The van der Waals surface area contributed by atoms with E-state index in [1.165, 1.54) is 0 Å². The van der Waals surface area contributed by atoms with Gasteiger partial charge in [-0.2, -0.15) is 0 Å². The van der Waals surface area contributed by atoms with Crippen molar-refractivity contribution in [3.05, 3.63) is 42.0 Å². The molecule has 4 heteroatoms. The van der Waals surface area contributed by atoms with Crippen LogP contribution in [0.5, 0.6) is 0 Å². The van der Waals surface area contributed by atoms with E-state index < -0.39 is 29.4 Å². The van der Waals surface area contributed by atoms with Crippen molar-refractivity contribution in [2.75, 3.05) is 0 Å². The van der Waals surface area contributed by atoms with Crippen LogP contribution in [0.4, 0.5) is 0 Å². The Balaban J connectivity index is 2.98. The SMILES string of the molecule is CC(C)C[C@H](C(=O)O)[C@H](C/C=C/c1ccccc1)C(=O)OC(C)(C)C. The molecule has 4 nitrogen and oxygen atoms in total. The number of hydrogen-bond donors (Lipinski definition) is 1. The summed E-state index contributed by atoms with van der Waals surface area (Å²) in [6.07, 6.45) is 4.55. The number of esters is 1. The lowest BCUT2D eigenvalue weighted by molar-refractivity contribution is -0.167. The summed E-state index contributed by atoms with van der Waals surface area (Å²) in [5.74, 6) is -2.66. The van der Waals surface area contributed by atoms with Gasteiger partial charge in [0, 0.05) is 0 Å². The Morgan fingerprint density at radius 2 is 1.72 bits per heavy atom. The zero-order valence-corrected chi connectivity index (χ0v) is 15.9. The van der Waals surface area contributed by atoms with E-state index in [4.69, 9.17) is 4.74 Å². The Kier molecular flexibility index (Phi) is 7.88. The minimum absolute atomic E-state index is 0.184. The molecule has 0 saturated heterocycles. The van der Waals surface area contributed by atoms with Crippen molar-refractivity contribution in [1.29, 1.82) is 0 Å². The van der Waals surface area contributed by atoms with Crippen LogP contribution in [0.2, 0.25) is 0 Å². The zero-order chi connectivity index (χ0) is 19.0. The fourth-order valence-electron chi connectivity index (χ4n) is 2.66. The van der Waals surface area contributed by atoms with Gasteiger partial charge < -0.3 is 9.84 Å². The van der Waals surface area contributed by atoms with E-state index in [1.54, 1.807) is 20.8 Å². The summed E-state index contributed by atoms with van der Waals surface area (Å²) < 4.78 is 5.48. The topological polar surface area (TPSA) is 63.6 Å². The monoisotopic (exact) mass is 346 g/mol. The number of aliphatic carboxylic acids is 1. The molecule has 0 spiro atoms. The van der Waals surface area contributed by atoms with Gasteiger partial charge in [0.1, 0.15) is 5.60 Å². The number of ether oxygens (including phenoxy) is 1. The van der Waals surface area contributed by atoms with E-state index in [0.717, 1.165) is 5.56 Å². The average Bonchev–Trinajstić information content (AvgIpc) is 2.48. The minimum Gasteiger partial charge on any atom is -0.481 e.